The maximum atomic E-state index is 13.3. The first-order chi connectivity index (χ1) is 16.8. The number of likely N-dealkylation sites (tertiary alicyclic amines) is 1. The fourth-order valence-electron chi connectivity index (χ4n) is 4.19. The van der Waals surface area contributed by atoms with Crippen LogP contribution in [-0.2, 0) is 4.74 Å². The molecule has 0 radical (unpaired) electrons. The van der Waals surface area contributed by atoms with Gasteiger partial charge in [-0.1, -0.05) is 15.9 Å². The molecule has 4 rings (SSSR count). The number of nitro groups is 1. The third-order valence-corrected chi connectivity index (χ3v) is 6.46. The summed E-state index contributed by atoms with van der Waals surface area (Å²) in [5.41, 5.74) is 9.26. The number of anilines is 3. The maximum absolute atomic E-state index is 13.3. The van der Waals surface area contributed by atoms with Gasteiger partial charge in [0.05, 0.1) is 46.8 Å². The van der Waals surface area contributed by atoms with Crippen molar-refractivity contribution >= 4 is 50.5 Å². The number of pyridine rings is 1. The van der Waals surface area contributed by atoms with Gasteiger partial charge in [0.2, 0.25) is 0 Å². The van der Waals surface area contributed by atoms with Crippen molar-refractivity contribution in [2.75, 3.05) is 55.9 Å². The molecule has 2 saturated heterocycles. The highest BCUT2D eigenvalue weighted by atomic mass is 79.9. The minimum atomic E-state index is -0.529. The molecule has 2 aromatic rings. The lowest BCUT2D eigenvalue weighted by Crippen LogP contribution is -2.41. The van der Waals surface area contributed by atoms with Crippen LogP contribution in [0, 0.1) is 10.1 Å². The van der Waals surface area contributed by atoms with Gasteiger partial charge < -0.3 is 31.0 Å². The van der Waals surface area contributed by atoms with Crippen LogP contribution in [0.25, 0.3) is 0 Å². The van der Waals surface area contributed by atoms with Gasteiger partial charge in [-0.25, -0.2) is 0 Å². The van der Waals surface area contributed by atoms with E-state index in [1.165, 1.54) is 18.5 Å². The summed E-state index contributed by atoms with van der Waals surface area (Å²) in [4.78, 5) is 44.8. The number of hydrazine groups is 1. The van der Waals surface area contributed by atoms with E-state index in [2.05, 4.69) is 31.7 Å². The number of nitrogens with two attached hydrogens (primary N) is 2. The summed E-state index contributed by atoms with van der Waals surface area (Å²) in [5, 5.41) is 15.0. The molecule has 35 heavy (non-hydrogen) atoms. The van der Waals surface area contributed by atoms with Crippen molar-refractivity contribution in [1.82, 2.24) is 14.8 Å². The van der Waals surface area contributed by atoms with Crippen molar-refractivity contribution in [3.8, 4) is 0 Å². The Morgan fingerprint density at radius 2 is 1.86 bits per heavy atom. The van der Waals surface area contributed by atoms with E-state index in [1.807, 2.05) is 0 Å². The van der Waals surface area contributed by atoms with Gasteiger partial charge in [0.15, 0.2) is 0 Å². The number of carbonyl (C=O) groups is 2. The van der Waals surface area contributed by atoms with Crippen molar-refractivity contribution in [2.45, 2.75) is 12.5 Å². The number of hydrogen-bond acceptors (Lipinski definition) is 10. The Balaban J connectivity index is 1.58. The second kappa shape index (κ2) is 10.4. The standard InChI is InChI=1S/C21H25BrN8O5/c22-12-7-14(20(31)28-3-5-35-6-4-28)19(17(8-12)30(33)34)26-13-1-2-29(11-13)21(32)15-9-25-10-16(27-24)18(15)23/h7-10,13,26-27H,1-6,11,24H2,(H2,23,25). The van der Waals surface area contributed by atoms with E-state index in [0.29, 0.717) is 49.4 Å². The zero-order chi connectivity index (χ0) is 25.1. The second-order valence-electron chi connectivity index (χ2n) is 8.18. The lowest BCUT2D eigenvalue weighted by Gasteiger charge is -2.28. The quantitative estimate of drug-likeness (QED) is 0.234. The molecule has 13 nitrogen and oxygen atoms in total. The van der Waals surface area contributed by atoms with Crippen molar-refractivity contribution in [2.24, 2.45) is 5.84 Å². The molecule has 2 fully saturated rings. The fourth-order valence-corrected chi connectivity index (χ4v) is 4.63. The van der Waals surface area contributed by atoms with Crippen molar-refractivity contribution < 1.29 is 19.2 Å². The van der Waals surface area contributed by atoms with E-state index in [9.17, 15) is 19.7 Å². The minimum Gasteiger partial charge on any atom is -0.396 e. The van der Waals surface area contributed by atoms with Gasteiger partial charge in [-0.05, 0) is 12.5 Å². The normalized spacial score (nSPS) is 17.8. The van der Waals surface area contributed by atoms with E-state index in [0.717, 1.165) is 0 Å². The first-order valence-corrected chi connectivity index (χ1v) is 11.7. The maximum Gasteiger partial charge on any atom is 0.294 e. The number of carbonyl (C=O) groups excluding carboxylic acids is 2. The summed E-state index contributed by atoms with van der Waals surface area (Å²) in [5.74, 6) is 4.77. The molecule has 0 bridgehead atoms. The van der Waals surface area contributed by atoms with Crippen LogP contribution in [0.5, 0.6) is 0 Å². The molecule has 6 N–H and O–H groups in total. The number of amides is 2. The number of nitrogen functional groups attached to an aromatic ring is 2. The average molecular weight is 549 g/mol. The van der Waals surface area contributed by atoms with Crippen LogP contribution >= 0.6 is 15.9 Å². The molecule has 2 aliphatic rings. The highest BCUT2D eigenvalue weighted by Crippen LogP contribution is 2.35. The number of nitrogens with zero attached hydrogens (tertiary/aromatic N) is 4. The van der Waals surface area contributed by atoms with Gasteiger partial charge in [-0.15, -0.1) is 0 Å². The number of nitrogens with one attached hydrogen (secondary N) is 2. The molecule has 1 unspecified atom stereocenters. The Hall–Kier alpha value is -3.49. The van der Waals surface area contributed by atoms with E-state index in [4.69, 9.17) is 16.3 Å². The Kier molecular flexibility index (Phi) is 7.33. The summed E-state index contributed by atoms with van der Waals surface area (Å²) in [6.45, 7) is 2.27. The fraction of sp³-hybridized carbons (Fsp3) is 0.381. The van der Waals surface area contributed by atoms with Crippen LogP contribution in [0.15, 0.2) is 29.0 Å². The van der Waals surface area contributed by atoms with Crippen LogP contribution in [0.1, 0.15) is 27.1 Å². The molecule has 1 aromatic heterocycles. The first-order valence-electron chi connectivity index (χ1n) is 10.9. The number of halogens is 1. The number of benzene rings is 1. The van der Waals surface area contributed by atoms with Gasteiger partial charge in [-0.3, -0.25) is 30.5 Å². The summed E-state index contributed by atoms with van der Waals surface area (Å²) < 4.78 is 5.74. The SMILES string of the molecule is NNc1cncc(C(=O)N2CCC(Nc3c(C(=O)N4CCOCC4)cc(Br)cc3[N+](=O)[O-])C2)c1N. The lowest BCUT2D eigenvalue weighted by atomic mass is 10.1. The van der Waals surface area contributed by atoms with Crippen LogP contribution in [-0.4, -0.2) is 77.0 Å². The molecule has 0 saturated carbocycles. The average Bonchev–Trinajstić information content (AvgIpc) is 3.33. The number of ether oxygens (including phenoxy) is 1. The largest absolute Gasteiger partial charge is 0.396 e. The van der Waals surface area contributed by atoms with Crippen molar-refractivity contribution in [3.05, 3.63) is 50.2 Å². The van der Waals surface area contributed by atoms with Gasteiger partial charge >= 0.3 is 0 Å². The number of rotatable bonds is 6. The van der Waals surface area contributed by atoms with Gasteiger partial charge in [0.1, 0.15) is 5.69 Å². The zero-order valence-corrected chi connectivity index (χ0v) is 20.3. The zero-order valence-electron chi connectivity index (χ0n) is 18.7. The predicted octanol–water partition coefficient (Wildman–Crippen LogP) is 1.42. The molecule has 186 valence electrons. The molecule has 0 aliphatic carbocycles. The van der Waals surface area contributed by atoms with Gasteiger partial charge in [0, 0.05) is 49.0 Å². The highest BCUT2D eigenvalue weighted by Gasteiger charge is 2.33. The third-order valence-electron chi connectivity index (χ3n) is 6.01. The Morgan fingerprint density at radius 1 is 1.14 bits per heavy atom. The van der Waals surface area contributed by atoms with E-state index >= 15 is 0 Å². The molecular formula is C21H25BrN8O5. The number of hydrogen-bond donors (Lipinski definition) is 4. The lowest BCUT2D eigenvalue weighted by molar-refractivity contribution is -0.384. The summed E-state index contributed by atoms with van der Waals surface area (Å²) in [6.07, 6.45) is 3.31. The monoisotopic (exact) mass is 548 g/mol. The van der Waals surface area contributed by atoms with E-state index in [-0.39, 0.29) is 52.6 Å². The first kappa shape index (κ1) is 24.6. The Bertz CT molecular complexity index is 1160. The summed E-state index contributed by atoms with van der Waals surface area (Å²) in [7, 11) is 0. The van der Waals surface area contributed by atoms with Crippen LogP contribution in [0.3, 0.4) is 0 Å². The van der Waals surface area contributed by atoms with Crippen LogP contribution in [0.2, 0.25) is 0 Å². The molecule has 14 heteroatoms. The minimum absolute atomic E-state index is 0.129. The van der Waals surface area contributed by atoms with Gasteiger partial charge in [-0.2, -0.15) is 0 Å². The third kappa shape index (κ3) is 5.13. The molecule has 1 aromatic carbocycles. The smallest absolute Gasteiger partial charge is 0.294 e. The molecule has 2 amide bonds. The molecular weight excluding hydrogens is 524 g/mol. The van der Waals surface area contributed by atoms with Crippen LogP contribution < -0.4 is 22.3 Å². The number of aromatic nitrogens is 1. The van der Waals surface area contributed by atoms with Crippen LogP contribution in [0.4, 0.5) is 22.7 Å². The van der Waals surface area contributed by atoms with Crippen molar-refractivity contribution in [3.63, 3.8) is 0 Å². The highest BCUT2D eigenvalue weighted by molar-refractivity contribution is 9.10. The predicted molar refractivity (Wildman–Crippen MR) is 132 cm³/mol. The molecule has 1 atom stereocenters. The van der Waals surface area contributed by atoms with E-state index in [1.54, 1.807) is 15.9 Å². The molecule has 3 heterocycles. The number of morpholine rings is 1. The molecule has 2 aliphatic heterocycles. The Labute approximate surface area is 209 Å². The summed E-state index contributed by atoms with van der Waals surface area (Å²) >= 11 is 3.28. The van der Waals surface area contributed by atoms with E-state index < -0.39 is 4.92 Å². The van der Waals surface area contributed by atoms with Gasteiger partial charge in [0.25, 0.3) is 17.5 Å². The summed E-state index contributed by atoms with van der Waals surface area (Å²) in [6, 6.07) is 2.61. The topological polar surface area (TPSA) is 182 Å². The Morgan fingerprint density at radius 3 is 2.54 bits per heavy atom. The van der Waals surface area contributed by atoms with Crippen molar-refractivity contribution in [1.29, 1.82) is 0 Å². The number of nitro benzene ring substituents is 1. The molecule has 0 spiro atoms. The second-order valence-corrected chi connectivity index (χ2v) is 9.10.